The summed E-state index contributed by atoms with van der Waals surface area (Å²) >= 11 is 1.12. The van der Waals surface area contributed by atoms with Crippen LogP contribution in [0.25, 0.3) is 0 Å². The number of hydrogen-bond donors (Lipinski definition) is 2. The molecule has 12 heteroatoms. The number of nitrogens with one attached hydrogen (secondary N) is 1. The molecule has 0 fully saturated rings. The van der Waals surface area contributed by atoms with E-state index in [2.05, 4.69) is 5.32 Å². The largest absolute Gasteiger partial charge is 0.480 e. The van der Waals surface area contributed by atoms with Crippen molar-refractivity contribution in [3.05, 3.63) is 0 Å². The van der Waals surface area contributed by atoms with E-state index in [9.17, 15) is 29.1 Å². The second-order valence-electron chi connectivity index (χ2n) is 7.88. The lowest BCUT2D eigenvalue weighted by Gasteiger charge is -2.24. The number of carbonyl (C=O) groups excluding carboxylic acids is 4. The van der Waals surface area contributed by atoms with Crippen molar-refractivity contribution in [3.8, 4) is 0 Å². The zero-order valence-electron chi connectivity index (χ0n) is 18.1. The molecule has 0 unspecified atom stereocenters. The Bertz CT molecular complexity index is 657. The third-order valence-corrected chi connectivity index (χ3v) is 4.89. The predicted molar refractivity (Wildman–Crippen MR) is 112 cm³/mol. The molecule has 0 saturated heterocycles. The van der Waals surface area contributed by atoms with Crippen LogP contribution >= 0.6 is 23.5 Å². The molecule has 0 aliphatic carbocycles. The molecular weight excluding hydrogens is 438 g/mol. The second kappa shape index (κ2) is 12.0. The molecule has 30 heavy (non-hydrogen) atoms. The first-order valence-electron chi connectivity index (χ1n) is 8.97. The third kappa shape index (κ3) is 11.9. The number of carboxylic acid groups (broad SMARTS) is 1. The molecule has 0 aliphatic heterocycles. The molecule has 0 rings (SSSR count). The predicted octanol–water partition coefficient (Wildman–Crippen LogP) is 3.03. The molecule has 0 aliphatic rings. The molecule has 0 radical (unpaired) electrons. The molecule has 0 aromatic rings. The van der Waals surface area contributed by atoms with Crippen molar-refractivity contribution in [2.24, 2.45) is 5.92 Å². The first kappa shape index (κ1) is 28.1. The van der Waals surface area contributed by atoms with E-state index in [1.54, 1.807) is 34.6 Å². The molecule has 10 nitrogen and oxygen atoms in total. The highest BCUT2D eigenvalue weighted by Gasteiger charge is 2.35. The maximum Gasteiger partial charge on any atom is 0.371 e. The van der Waals surface area contributed by atoms with Crippen molar-refractivity contribution >= 4 is 52.0 Å². The minimum atomic E-state index is -1.39. The molecule has 0 aromatic carbocycles. The minimum absolute atomic E-state index is 0.258. The lowest BCUT2D eigenvalue weighted by atomic mass is 10.2. The maximum absolute atomic E-state index is 12.4. The van der Waals surface area contributed by atoms with Gasteiger partial charge in [-0.15, -0.1) is 0 Å². The molecular formula is C18H29NO9S2. The van der Waals surface area contributed by atoms with Crippen LogP contribution in [-0.4, -0.2) is 62.5 Å². The summed E-state index contributed by atoms with van der Waals surface area (Å²) in [5.74, 6) is -3.28. The highest BCUT2D eigenvalue weighted by atomic mass is 32.2. The van der Waals surface area contributed by atoms with Gasteiger partial charge in [-0.3, -0.25) is 9.59 Å². The molecule has 0 heterocycles. The van der Waals surface area contributed by atoms with Crippen LogP contribution in [0, 0.1) is 5.92 Å². The van der Waals surface area contributed by atoms with E-state index in [-0.39, 0.29) is 11.7 Å². The van der Waals surface area contributed by atoms with Crippen LogP contribution in [0.2, 0.25) is 0 Å². The van der Waals surface area contributed by atoms with E-state index in [1.807, 2.05) is 0 Å². The molecule has 0 saturated carbocycles. The van der Waals surface area contributed by atoms with Crippen LogP contribution in [0.15, 0.2) is 0 Å². The number of aliphatic carboxylic acids is 1. The Morgan fingerprint density at radius 1 is 0.967 bits per heavy atom. The normalized spacial score (nSPS) is 12.7. The van der Waals surface area contributed by atoms with Gasteiger partial charge in [-0.05, 0) is 58.1 Å². The summed E-state index contributed by atoms with van der Waals surface area (Å²) in [6.07, 6.45) is 0. The summed E-state index contributed by atoms with van der Waals surface area (Å²) in [6, 6.07) is -1.38. The van der Waals surface area contributed by atoms with Crippen molar-refractivity contribution in [1.82, 2.24) is 5.32 Å². The molecule has 2 N–H and O–H groups in total. The Morgan fingerprint density at radius 3 is 2.00 bits per heavy atom. The van der Waals surface area contributed by atoms with Crippen molar-refractivity contribution in [3.63, 3.8) is 0 Å². The van der Waals surface area contributed by atoms with Crippen LogP contribution in [0.1, 0.15) is 48.5 Å². The highest BCUT2D eigenvalue weighted by Crippen LogP contribution is 2.27. The van der Waals surface area contributed by atoms with Gasteiger partial charge in [0.15, 0.2) is 0 Å². The zero-order chi connectivity index (χ0) is 23.7. The van der Waals surface area contributed by atoms with Gasteiger partial charge in [-0.1, -0.05) is 13.8 Å². The Labute approximate surface area is 184 Å². The van der Waals surface area contributed by atoms with Crippen molar-refractivity contribution < 1.29 is 43.3 Å². The van der Waals surface area contributed by atoms with Gasteiger partial charge in [-0.2, -0.15) is 0 Å². The molecule has 172 valence electrons. The van der Waals surface area contributed by atoms with Gasteiger partial charge in [0, 0.05) is 5.75 Å². The Morgan fingerprint density at radius 2 is 1.53 bits per heavy atom. The van der Waals surface area contributed by atoms with Crippen molar-refractivity contribution in [1.29, 1.82) is 0 Å². The number of esters is 1. The maximum atomic E-state index is 12.4. The van der Waals surface area contributed by atoms with E-state index < -0.39 is 51.6 Å². The number of hydrogen-bond acceptors (Lipinski definition) is 10. The lowest BCUT2D eigenvalue weighted by Crippen LogP contribution is -2.50. The van der Waals surface area contributed by atoms with E-state index in [0.717, 1.165) is 0 Å². The van der Waals surface area contributed by atoms with E-state index in [4.69, 9.17) is 14.2 Å². The fourth-order valence-electron chi connectivity index (χ4n) is 1.52. The molecule has 0 aromatic heterocycles. The monoisotopic (exact) mass is 467 g/mol. The average Bonchev–Trinajstić information content (AvgIpc) is 2.55. The van der Waals surface area contributed by atoms with E-state index in [0.29, 0.717) is 23.5 Å². The third-order valence-electron chi connectivity index (χ3n) is 3.10. The zero-order valence-corrected chi connectivity index (χ0v) is 19.7. The summed E-state index contributed by atoms with van der Waals surface area (Å²) in [4.78, 5) is 58.8. The number of carboxylic acids is 1. The molecule has 0 spiro atoms. The standard InChI is InChI=1S/C18H29NO9S2/c1-10(2)13(22)26-9-27-15(24)30-18(6,7)14(23)19-11(12(20)21)8-29-16(25)28-17(3,4)5/h10-11H,8-9H2,1-7H3,(H,19,23)(H,20,21)/t11-/m0/s1. The van der Waals surface area contributed by atoms with Gasteiger partial charge in [-0.25, -0.2) is 14.4 Å². The van der Waals surface area contributed by atoms with Crippen LogP contribution in [0.3, 0.4) is 0 Å². The number of ether oxygens (including phenoxy) is 3. The minimum Gasteiger partial charge on any atom is -0.480 e. The van der Waals surface area contributed by atoms with Gasteiger partial charge >= 0.3 is 22.5 Å². The smallest absolute Gasteiger partial charge is 0.371 e. The van der Waals surface area contributed by atoms with Crippen LogP contribution in [0.4, 0.5) is 9.59 Å². The van der Waals surface area contributed by atoms with Gasteiger partial charge < -0.3 is 24.6 Å². The lowest BCUT2D eigenvalue weighted by molar-refractivity contribution is -0.155. The first-order valence-corrected chi connectivity index (χ1v) is 10.8. The second-order valence-corrected chi connectivity index (χ2v) is 10.4. The Kier molecular flexibility index (Phi) is 11.3. The number of carbonyl (C=O) groups is 5. The number of amides is 1. The van der Waals surface area contributed by atoms with Gasteiger partial charge in [0.25, 0.3) is 0 Å². The molecule has 1 amide bonds. The van der Waals surface area contributed by atoms with Crippen molar-refractivity contribution in [2.45, 2.75) is 64.9 Å². The van der Waals surface area contributed by atoms with E-state index in [1.165, 1.54) is 13.8 Å². The number of rotatable bonds is 9. The fraction of sp³-hybridized carbons (Fsp3) is 0.722. The van der Waals surface area contributed by atoms with Gasteiger partial charge in [0.2, 0.25) is 12.7 Å². The van der Waals surface area contributed by atoms with Gasteiger partial charge in [0.05, 0.1) is 10.7 Å². The fourth-order valence-corrected chi connectivity index (χ4v) is 3.04. The topological polar surface area (TPSA) is 145 Å². The Balaban J connectivity index is 4.71. The van der Waals surface area contributed by atoms with Gasteiger partial charge in [0.1, 0.15) is 11.6 Å². The first-order chi connectivity index (χ1) is 13.5. The summed E-state index contributed by atoms with van der Waals surface area (Å²) in [7, 11) is 0. The summed E-state index contributed by atoms with van der Waals surface area (Å²) in [5.41, 5.74) is -0.728. The number of thioether (sulfide) groups is 2. The summed E-state index contributed by atoms with van der Waals surface area (Å²) in [6.45, 7) is 10.5. The van der Waals surface area contributed by atoms with Crippen LogP contribution in [-0.2, 0) is 28.6 Å². The SMILES string of the molecule is CC(C)C(=O)OCOC(=O)SC(C)(C)C(=O)N[C@@H](CSC(=O)OC(C)(C)C)C(=O)O. The Hall–Kier alpha value is -1.95. The summed E-state index contributed by atoms with van der Waals surface area (Å²) < 4.78 is 13.2. The molecule has 1 atom stereocenters. The summed E-state index contributed by atoms with van der Waals surface area (Å²) in [5, 5.41) is 10.0. The average molecular weight is 468 g/mol. The van der Waals surface area contributed by atoms with Crippen LogP contribution in [0.5, 0.6) is 0 Å². The van der Waals surface area contributed by atoms with Crippen molar-refractivity contribution in [2.75, 3.05) is 12.5 Å². The van der Waals surface area contributed by atoms with Crippen LogP contribution < -0.4 is 5.32 Å². The highest BCUT2D eigenvalue weighted by molar-refractivity contribution is 8.15. The molecule has 0 bridgehead atoms. The quantitative estimate of drug-likeness (QED) is 0.381. The van der Waals surface area contributed by atoms with E-state index >= 15 is 0 Å².